The SMILES string of the molecule is CCOc1ccc(C(=O)Nc2cc(Cl)c3c(c2)CN(C)CC3)cc1Br. The van der Waals surface area contributed by atoms with Gasteiger partial charge in [-0.15, -0.1) is 0 Å². The number of rotatable bonds is 4. The fraction of sp³-hybridized carbons (Fsp3) is 0.316. The van der Waals surface area contributed by atoms with Crippen molar-refractivity contribution in [3.05, 3.63) is 56.5 Å². The van der Waals surface area contributed by atoms with Gasteiger partial charge in [-0.05, 0) is 77.8 Å². The van der Waals surface area contributed by atoms with Crippen LogP contribution in [0.1, 0.15) is 28.4 Å². The van der Waals surface area contributed by atoms with Gasteiger partial charge in [-0.3, -0.25) is 4.79 Å². The second kappa shape index (κ2) is 7.77. The molecule has 1 N–H and O–H groups in total. The van der Waals surface area contributed by atoms with Crippen LogP contribution in [0, 0.1) is 0 Å². The maximum atomic E-state index is 12.6. The maximum absolute atomic E-state index is 12.6. The van der Waals surface area contributed by atoms with Crippen LogP contribution >= 0.6 is 27.5 Å². The van der Waals surface area contributed by atoms with Crippen molar-refractivity contribution in [2.45, 2.75) is 19.9 Å². The van der Waals surface area contributed by atoms with Crippen molar-refractivity contribution in [1.82, 2.24) is 4.90 Å². The van der Waals surface area contributed by atoms with E-state index in [1.807, 2.05) is 19.1 Å². The molecule has 2 aromatic rings. The van der Waals surface area contributed by atoms with E-state index in [2.05, 4.69) is 33.2 Å². The summed E-state index contributed by atoms with van der Waals surface area (Å²) < 4.78 is 6.23. The van der Waals surface area contributed by atoms with Gasteiger partial charge in [0.1, 0.15) is 5.75 Å². The number of benzene rings is 2. The molecule has 0 radical (unpaired) electrons. The summed E-state index contributed by atoms with van der Waals surface area (Å²) in [4.78, 5) is 14.8. The lowest BCUT2D eigenvalue weighted by Crippen LogP contribution is -2.27. The fourth-order valence-corrected chi connectivity index (χ4v) is 3.80. The minimum Gasteiger partial charge on any atom is -0.493 e. The van der Waals surface area contributed by atoms with E-state index in [9.17, 15) is 4.79 Å². The van der Waals surface area contributed by atoms with E-state index in [1.165, 1.54) is 11.1 Å². The zero-order valence-corrected chi connectivity index (χ0v) is 16.6. The zero-order valence-electron chi connectivity index (χ0n) is 14.2. The van der Waals surface area contributed by atoms with Crippen LogP contribution in [0.25, 0.3) is 0 Å². The molecule has 132 valence electrons. The van der Waals surface area contributed by atoms with E-state index in [1.54, 1.807) is 18.2 Å². The van der Waals surface area contributed by atoms with Crippen LogP contribution in [-0.2, 0) is 13.0 Å². The van der Waals surface area contributed by atoms with E-state index in [0.717, 1.165) is 29.7 Å². The molecule has 0 atom stereocenters. The van der Waals surface area contributed by atoms with Crippen LogP contribution in [0.4, 0.5) is 5.69 Å². The van der Waals surface area contributed by atoms with E-state index in [4.69, 9.17) is 16.3 Å². The highest BCUT2D eigenvalue weighted by Crippen LogP contribution is 2.30. The monoisotopic (exact) mass is 422 g/mol. The van der Waals surface area contributed by atoms with Crippen LogP contribution in [0.5, 0.6) is 5.75 Å². The summed E-state index contributed by atoms with van der Waals surface area (Å²) in [6.07, 6.45) is 0.935. The summed E-state index contributed by atoms with van der Waals surface area (Å²) in [5, 5.41) is 3.66. The number of nitrogens with zero attached hydrogens (tertiary/aromatic N) is 1. The Morgan fingerprint density at radius 2 is 2.16 bits per heavy atom. The van der Waals surface area contributed by atoms with Crippen LogP contribution in [0.3, 0.4) is 0 Å². The first-order valence-electron chi connectivity index (χ1n) is 8.21. The minimum atomic E-state index is -0.177. The Morgan fingerprint density at radius 1 is 1.36 bits per heavy atom. The lowest BCUT2D eigenvalue weighted by molar-refractivity contribution is 0.102. The lowest BCUT2D eigenvalue weighted by atomic mass is 9.99. The molecule has 1 aliphatic rings. The molecular formula is C19H20BrClN2O2. The second-order valence-electron chi connectivity index (χ2n) is 6.12. The Bertz CT molecular complexity index is 810. The highest BCUT2D eigenvalue weighted by atomic mass is 79.9. The van der Waals surface area contributed by atoms with E-state index >= 15 is 0 Å². The van der Waals surface area contributed by atoms with Gasteiger partial charge in [0.25, 0.3) is 5.91 Å². The molecule has 1 aliphatic heterocycles. The second-order valence-corrected chi connectivity index (χ2v) is 7.38. The molecule has 3 rings (SSSR count). The highest BCUT2D eigenvalue weighted by molar-refractivity contribution is 9.10. The number of hydrogen-bond donors (Lipinski definition) is 1. The minimum absolute atomic E-state index is 0.177. The van der Waals surface area contributed by atoms with Crippen LogP contribution in [0.15, 0.2) is 34.8 Å². The number of likely N-dealkylation sites (N-methyl/N-ethyl adjacent to an activating group) is 1. The average molecular weight is 424 g/mol. The standard InChI is InChI=1S/C19H20BrClN2O2/c1-3-25-18-5-4-12(9-16(18)20)19(24)22-14-8-13-11-23(2)7-6-15(13)17(21)10-14/h4-5,8-10H,3,6-7,11H2,1-2H3,(H,22,24). The van der Waals surface area contributed by atoms with Gasteiger partial charge in [0, 0.05) is 29.4 Å². The Labute approximate surface area is 161 Å². The first-order chi connectivity index (χ1) is 12.0. The highest BCUT2D eigenvalue weighted by Gasteiger charge is 2.18. The average Bonchev–Trinajstić information content (AvgIpc) is 2.56. The molecule has 1 heterocycles. The van der Waals surface area contributed by atoms with E-state index in [-0.39, 0.29) is 5.91 Å². The molecule has 0 saturated heterocycles. The zero-order chi connectivity index (χ0) is 18.0. The number of anilines is 1. The summed E-state index contributed by atoms with van der Waals surface area (Å²) in [7, 11) is 2.08. The van der Waals surface area contributed by atoms with Crippen LogP contribution in [0.2, 0.25) is 5.02 Å². The number of amides is 1. The molecule has 4 nitrogen and oxygen atoms in total. The predicted octanol–water partition coefficient (Wildman–Crippen LogP) is 4.74. The molecule has 0 fully saturated rings. The molecule has 0 aromatic heterocycles. The van der Waals surface area contributed by atoms with Crippen molar-refractivity contribution in [1.29, 1.82) is 0 Å². The third-order valence-corrected chi connectivity index (χ3v) is 5.18. The first-order valence-corrected chi connectivity index (χ1v) is 9.38. The molecule has 0 aliphatic carbocycles. The molecule has 2 aromatic carbocycles. The van der Waals surface area contributed by atoms with Crippen molar-refractivity contribution in [2.24, 2.45) is 0 Å². The number of carbonyl (C=O) groups is 1. The number of carbonyl (C=O) groups excluding carboxylic acids is 1. The van der Waals surface area contributed by atoms with Gasteiger partial charge in [-0.25, -0.2) is 0 Å². The van der Waals surface area contributed by atoms with Crippen molar-refractivity contribution in [3.63, 3.8) is 0 Å². The molecule has 0 spiro atoms. The third-order valence-electron chi connectivity index (χ3n) is 4.22. The quantitative estimate of drug-likeness (QED) is 0.772. The van der Waals surface area contributed by atoms with Gasteiger partial charge in [0.15, 0.2) is 0 Å². The lowest BCUT2D eigenvalue weighted by Gasteiger charge is -2.26. The number of nitrogens with one attached hydrogen (secondary N) is 1. The summed E-state index contributed by atoms with van der Waals surface area (Å²) in [5.41, 5.74) is 3.63. The van der Waals surface area contributed by atoms with Gasteiger partial charge in [-0.1, -0.05) is 11.6 Å². The smallest absolute Gasteiger partial charge is 0.255 e. The van der Waals surface area contributed by atoms with E-state index < -0.39 is 0 Å². The Kier molecular flexibility index (Phi) is 5.67. The third kappa shape index (κ3) is 4.17. The molecule has 0 unspecified atom stereocenters. The molecule has 25 heavy (non-hydrogen) atoms. The van der Waals surface area contributed by atoms with Crippen LogP contribution < -0.4 is 10.1 Å². The Hall–Kier alpha value is -1.56. The fourth-order valence-electron chi connectivity index (χ4n) is 2.98. The number of hydrogen-bond acceptors (Lipinski definition) is 3. The van der Waals surface area contributed by atoms with Crippen molar-refractivity contribution >= 4 is 39.1 Å². The van der Waals surface area contributed by atoms with Crippen molar-refractivity contribution < 1.29 is 9.53 Å². The summed E-state index contributed by atoms with van der Waals surface area (Å²) >= 11 is 9.85. The van der Waals surface area contributed by atoms with Gasteiger partial charge in [0.2, 0.25) is 0 Å². The Morgan fingerprint density at radius 3 is 2.88 bits per heavy atom. The first kappa shape index (κ1) is 18.2. The molecule has 1 amide bonds. The molecule has 6 heteroatoms. The topological polar surface area (TPSA) is 41.6 Å². The van der Waals surface area contributed by atoms with E-state index in [0.29, 0.717) is 22.9 Å². The molecular weight excluding hydrogens is 404 g/mol. The normalized spacial score (nSPS) is 14.1. The largest absolute Gasteiger partial charge is 0.493 e. The maximum Gasteiger partial charge on any atom is 0.255 e. The van der Waals surface area contributed by atoms with Crippen molar-refractivity contribution in [2.75, 3.05) is 25.5 Å². The summed E-state index contributed by atoms with van der Waals surface area (Å²) in [6, 6.07) is 9.13. The van der Waals surface area contributed by atoms with Gasteiger partial charge < -0.3 is 15.0 Å². The van der Waals surface area contributed by atoms with Gasteiger partial charge in [0.05, 0.1) is 11.1 Å². The Balaban J connectivity index is 1.80. The molecule has 0 saturated carbocycles. The molecule has 0 bridgehead atoms. The predicted molar refractivity (Wildman–Crippen MR) is 105 cm³/mol. The summed E-state index contributed by atoms with van der Waals surface area (Å²) in [5.74, 6) is 0.544. The number of fused-ring (bicyclic) bond motifs is 1. The van der Waals surface area contributed by atoms with Crippen LogP contribution in [-0.4, -0.2) is 31.0 Å². The van der Waals surface area contributed by atoms with Gasteiger partial charge in [-0.2, -0.15) is 0 Å². The van der Waals surface area contributed by atoms with Gasteiger partial charge >= 0.3 is 0 Å². The number of halogens is 2. The van der Waals surface area contributed by atoms with Crippen molar-refractivity contribution in [3.8, 4) is 5.75 Å². The number of ether oxygens (including phenoxy) is 1. The summed E-state index contributed by atoms with van der Waals surface area (Å²) in [6.45, 7) is 4.34.